The average Bonchev–Trinajstić information content (AvgIpc) is 2.28. The lowest BCUT2D eigenvalue weighted by Crippen LogP contribution is -2.20. The SMILES string of the molecule is CCCCCN(C)c1ccc(CC(C)N)cc1Br. The predicted octanol–water partition coefficient (Wildman–Crippen LogP) is 3.97. The smallest absolute Gasteiger partial charge is 0.0508 e. The van der Waals surface area contributed by atoms with Crippen LogP contribution in [-0.2, 0) is 6.42 Å². The van der Waals surface area contributed by atoms with E-state index in [1.54, 1.807) is 0 Å². The van der Waals surface area contributed by atoms with E-state index in [2.05, 4.69) is 53.0 Å². The first-order valence-electron chi connectivity index (χ1n) is 6.79. The van der Waals surface area contributed by atoms with E-state index in [4.69, 9.17) is 5.73 Å². The standard InChI is InChI=1S/C15H25BrN2/c1-4-5-6-9-18(3)15-8-7-13(10-12(2)17)11-14(15)16/h7-8,11-12H,4-6,9-10,17H2,1-3H3. The molecule has 1 rings (SSSR count). The quantitative estimate of drug-likeness (QED) is 0.772. The van der Waals surface area contributed by atoms with Gasteiger partial charge < -0.3 is 10.6 Å². The van der Waals surface area contributed by atoms with Crippen LogP contribution in [0, 0.1) is 0 Å². The van der Waals surface area contributed by atoms with Gasteiger partial charge in [0.1, 0.15) is 0 Å². The fourth-order valence-electron chi connectivity index (χ4n) is 2.08. The van der Waals surface area contributed by atoms with E-state index in [-0.39, 0.29) is 6.04 Å². The summed E-state index contributed by atoms with van der Waals surface area (Å²) in [5.74, 6) is 0. The Labute approximate surface area is 120 Å². The van der Waals surface area contributed by atoms with E-state index in [0.29, 0.717) is 0 Å². The minimum absolute atomic E-state index is 0.213. The minimum Gasteiger partial charge on any atom is -0.374 e. The van der Waals surface area contributed by atoms with Crippen molar-refractivity contribution < 1.29 is 0 Å². The van der Waals surface area contributed by atoms with Crippen LogP contribution in [0.3, 0.4) is 0 Å². The Bertz CT molecular complexity index is 364. The Balaban J connectivity index is 2.66. The van der Waals surface area contributed by atoms with Crippen LogP contribution in [0.15, 0.2) is 22.7 Å². The van der Waals surface area contributed by atoms with Gasteiger partial charge in [0, 0.05) is 24.1 Å². The summed E-state index contributed by atoms with van der Waals surface area (Å²) in [6, 6.07) is 6.77. The highest BCUT2D eigenvalue weighted by atomic mass is 79.9. The Morgan fingerprint density at radius 1 is 1.33 bits per heavy atom. The van der Waals surface area contributed by atoms with Gasteiger partial charge in [0.25, 0.3) is 0 Å². The highest BCUT2D eigenvalue weighted by Gasteiger charge is 2.07. The molecule has 102 valence electrons. The lowest BCUT2D eigenvalue weighted by atomic mass is 10.1. The maximum atomic E-state index is 5.83. The second kappa shape index (κ2) is 7.80. The lowest BCUT2D eigenvalue weighted by molar-refractivity contribution is 0.704. The van der Waals surface area contributed by atoms with Gasteiger partial charge in [-0.05, 0) is 53.4 Å². The van der Waals surface area contributed by atoms with Gasteiger partial charge in [0.2, 0.25) is 0 Å². The van der Waals surface area contributed by atoms with Crippen molar-refractivity contribution in [3.05, 3.63) is 28.2 Å². The number of nitrogens with two attached hydrogens (primary N) is 1. The molecular formula is C15H25BrN2. The van der Waals surface area contributed by atoms with Gasteiger partial charge in [0.05, 0.1) is 5.69 Å². The van der Waals surface area contributed by atoms with E-state index in [1.807, 2.05) is 6.92 Å². The van der Waals surface area contributed by atoms with Gasteiger partial charge in [-0.25, -0.2) is 0 Å². The molecule has 0 aromatic heterocycles. The van der Waals surface area contributed by atoms with Gasteiger partial charge in [-0.15, -0.1) is 0 Å². The van der Waals surface area contributed by atoms with Crippen molar-refractivity contribution in [3.63, 3.8) is 0 Å². The van der Waals surface area contributed by atoms with E-state index >= 15 is 0 Å². The summed E-state index contributed by atoms with van der Waals surface area (Å²) in [6.07, 6.45) is 4.74. The highest BCUT2D eigenvalue weighted by molar-refractivity contribution is 9.10. The summed E-state index contributed by atoms with van der Waals surface area (Å²) < 4.78 is 1.17. The van der Waals surface area contributed by atoms with E-state index in [9.17, 15) is 0 Å². The van der Waals surface area contributed by atoms with Crippen molar-refractivity contribution in [1.82, 2.24) is 0 Å². The second-order valence-electron chi connectivity index (χ2n) is 5.10. The van der Waals surface area contributed by atoms with Crippen molar-refractivity contribution in [2.24, 2.45) is 5.73 Å². The normalized spacial score (nSPS) is 12.5. The van der Waals surface area contributed by atoms with Crippen molar-refractivity contribution in [2.45, 2.75) is 45.6 Å². The monoisotopic (exact) mass is 312 g/mol. The number of benzene rings is 1. The first-order valence-corrected chi connectivity index (χ1v) is 7.59. The van der Waals surface area contributed by atoms with Crippen LogP contribution >= 0.6 is 15.9 Å². The fourth-order valence-corrected chi connectivity index (χ4v) is 2.81. The molecule has 0 bridgehead atoms. The molecule has 1 aromatic carbocycles. The number of unbranched alkanes of at least 4 members (excludes halogenated alkanes) is 2. The van der Waals surface area contributed by atoms with Crippen molar-refractivity contribution in [1.29, 1.82) is 0 Å². The molecule has 0 fully saturated rings. The van der Waals surface area contributed by atoms with E-state index in [0.717, 1.165) is 13.0 Å². The molecule has 2 N–H and O–H groups in total. The van der Waals surface area contributed by atoms with Crippen LogP contribution in [0.5, 0.6) is 0 Å². The van der Waals surface area contributed by atoms with Crippen LogP contribution in [0.1, 0.15) is 38.7 Å². The Kier molecular flexibility index (Phi) is 6.72. The molecule has 0 saturated carbocycles. The largest absolute Gasteiger partial charge is 0.374 e. The number of rotatable bonds is 7. The van der Waals surface area contributed by atoms with Gasteiger partial charge in [0.15, 0.2) is 0 Å². The molecule has 0 amide bonds. The summed E-state index contributed by atoms with van der Waals surface area (Å²) in [5.41, 5.74) is 8.39. The maximum Gasteiger partial charge on any atom is 0.0508 e. The molecule has 1 aromatic rings. The van der Waals surface area contributed by atoms with Crippen LogP contribution in [0.2, 0.25) is 0 Å². The lowest BCUT2D eigenvalue weighted by Gasteiger charge is -2.21. The number of anilines is 1. The molecule has 1 atom stereocenters. The molecule has 0 aliphatic rings. The summed E-state index contributed by atoms with van der Waals surface area (Å²) in [6.45, 7) is 5.39. The molecule has 2 nitrogen and oxygen atoms in total. The van der Waals surface area contributed by atoms with Crippen LogP contribution < -0.4 is 10.6 Å². The molecule has 18 heavy (non-hydrogen) atoms. The number of hydrogen-bond donors (Lipinski definition) is 1. The topological polar surface area (TPSA) is 29.3 Å². The van der Waals surface area contributed by atoms with Crippen molar-refractivity contribution >= 4 is 21.6 Å². The second-order valence-corrected chi connectivity index (χ2v) is 5.95. The zero-order chi connectivity index (χ0) is 13.5. The highest BCUT2D eigenvalue weighted by Crippen LogP contribution is 2.27. The molecule has 0 aliphatic heterocycles. The van der Waals surface area contributed by atoms with Gasteiger partial charge in [-0.1, -0.05) is 25.8 Å². The Morgan fingerprint density at radius 2 is 2.06 bits per heavy atom. The third-order valence-electron chi connectivity index (χ3n) is 3.08. The predicted molar refractivity (Wildman–Crippen MR) is 84.3 cm³/mol. The van der Waals surface area contributed by atoms with Crippen LogP contribution in [0.25, 0.3) is 0 Å². The molecule has 3 heteroatoms. The van der Waals surface area contributed by atoms with Gasteiger partial charge in [-0.3, -0.25) is 0 Å². The molecule has 0 radical (unpaired) electrons. The Morgan fingerprint density at radius 3 is 2.61 bits per heavy atom. The zero-order valence-corrected chi connectivity index (χ0v) is 13.3. The molecule has 0 heterocycles. The molecular weight excluding hydrogens is 288 g/mol. The van der Waals surface area contributed by atoms with Crippen molar-refractivity contribution in [2.75, 3.05) is 18.5 Å². The first kappa shape index (κ1) is 15.5. The summed E-state index contributed by atoms with van der Waals surface area (Å²) in [5, 5.41) is 0. The average molecular weight is 313 g/mol. The number of nitrogens with zero attached hydrogens (tertiary/aromatic N) is 1. The molecule has 0 spiro atoms. The molecule has 1 unspecified atom stereocenters. The molecule has 0 aliphatic carbocycles. The first-order chi connectivity index (χ1) is 8.54. The minimum atomic E-state index is 0.213. The summed E-state index contributed by atoms with van der Waals surface area (Å²) >= 11 is 3.66. The summed E-state index contributed by atoms with van der Waals surface area (Å²) in [7, 11) is 2.15. The van der Waals surface area contributed by atoms with Gasteiger partial charge in [-0.2, -0.15) is 0 Å². The zero-order valence-electron chi connectivity index (χ0n) is 11.7. The third-order valence-corrected chi connectivity index (χ3v) is 3.71. The number of hydrogen-bond acceptors (Lipinski definition) is 2. The Hall–Kier alpha value is -0.540. The number of halogens is 1. The summed E-state index contributed by atoms with van der Waals surface area (Å²) in [4.78, 5) is 2.31. The third kappa shape index (κ3) is 4.99. The molecule has 0 saturated heterocycles. The fraction of sp³-hybridized carbons (Fsp3) is 0.600. The van der Waals surface area contributed by atoms with Gasteiger partial charge >= 0.3 is 0 Å². The maximum absolute atomic E-state index is 5.83. The van der Waals surface area contributed by atoms with E-state index < -0.39 is 0 Å². The van der Waals surface area contributed by atoms with Crippen LogP contribution in [-0.4, -0.2) is 19.6 Å². The van der Waals surface area contributed by atoms with Crippen LogP contribution in [0.4, 0.5) is 5.69 Å². The van der Waals surface area contributed by atoms with Crippen molar-refractivity contribution in [3.8, 4) is 0 Å². The van der Waals surface area contributed by atoms with E-state index in [1.165, 1.54) is 35.0 Å².